The SMILES string of the molecule is CNCc1ccnc(N(C)Cc2ccc(C)cc2)c1F. The van der Waals surface area contributed by atoms with Gasteiger partial charge >= 0.3 is 0 Å². The summed E-state index contributed by atoms with van der Waals surface area (Å²) in [6.07, 6.45) is 1.65. The van der Waals surface area contributed by atoms with Gasteiger partial charge in [0.25, 0.3) is 0 Å². The summed E-state index contributed by atoms with van der Waals surface area (Å²) in [4.78, 5) is 5.99. The first kappa shape index (κ1) is 14.5. The van der Waals surface area contributed by atoms with Crippen molar-refractivity contribution in [2.75, 3.05) is 19.0 Å². The summed E-state index contributed by atoms with van der Waals surface area (Å²) in [5, 5.41) is 2.96. The van der Waals surface area contributed by atoms with E-state index in [4.69, 9.17) is 0 Å². The van der Waals surface area contributed by atoms with Crippen LogP contribution in [0, 0.1) is 12.7 Å². The van der Waals surface area contributed by atoms with Crippen molar-refractivity contribution in [3.05, 3.63) is 59.0 Å². The Bertz CT molecular complexity index is 566. The zero-order chi connectivity index (χ0) is 14.5. The van der Waals surface area contributed by atoms with Crippen LogP contribution in [-0.2, 0) is 13.1 Å². The predicted molar refractivity (Wildman–Crippen MR) is 80.2 cm³/mol. The van der Waals surface area contributed by atoms with Crippen molar-refractivity contribution in [3.8, 4) is 0 Å². The van der Waals surface area contributed by atoms with Crippen LogP contribution in [0.25, 0.3) is 0 Å². The van der Waals surface area contributed by atoms with E-state index < -0.39 is 0 Å². The van der Waals surface area contributed by atoms with E-state index in [0.717, 1.165) is 5.56 Å². The molecule has 0 aliphatic rings. The zero-order valence-corrected chi connectivity index (χ0v) is 12.2. The fourth-order valence-electron chi connectivity index (χ4n) is 2.11. The summed E-state index contributed by atoms with van der Waals surface area (Å²) < 4.78 is 14.3. The highest BCUT2D eigenvalue weighted by atomic mass is 19.1. The fraction of sp³-hybridized carbons (Fsp3) is 0.312. The van der Waals surface area contributed by atoms with Crippen LogP contribution >= 0.6 is 0 Å². The van der Waals surface area contributed by atoms with E-state index in [-0.39, 0.29) is 5.82 Å². The van der Waals surface area contributed by atoms with E-state index in [2.05, 4.69) is 41.5 Å². The third kappa shape index (κ3) is 3.33. The lowest BCUT2D eigenvalue weighted by atomic mass is 10.1. The first-order valence-corrected chi connectivity index (χ1v) is 6.66. The van der Waals surface area contributed by atoms with E-state index in [1.54, 1.807) is 19.3 Å². The molecule has 2 rings (SSSR count). The van der Waals surface area contributed by atoms with Crippen molar-refractivity contribution >= 4 is 5.82 Å². The Hall–Kier alpha value is -1.94. The Morgan fingerprint density at radius 1 is 1.20 bits per heavy atom. The van der Waals surface area contributed by atoms with Gasteiger partial charge in [-0.3, -0.25) is 0 Å². The van der Waals surface area contributed by atoms with Gasteiger partial charge in [0.05, 0.1) is 0 Å². The molecule has 106 valence electrons. The molecular weight excluding hydrogens is 253 g/mol. The normalized spacial score (nSPS) is 10.6. The van der Waals surface area contributed by atoms with Gasteiger partial charge in [0.2, 0.25) is 0 Å². The van der Waals surface area contributed by atoms with Crippen LogP contribution in [0.3, 0.4) is 0 Å². The number of pyridine rings is 1. The molecule has 0 saturated carbocycles. The molecule has 0 fully saturated rings. The molecule has 1 aromatic heterocycles. The Balaban J connectivity index is 2.18. The van der Waals surface area contributed by atoms with Crippen molar-refractivity contribution in [3.63, 3.8) is 0 Å². The highest BCUT2D eigenvalue weighted by Gasteiger charge is 2.13. The van der Waals surface area contributed by atoms with Crippen LogP contribution in [0.4, 0.5) is 10.2 Å². The minimum absolute atomic E-state index is 0.253. The molecule has 0 saturated heterocycles. The molecule has 1 heterocycles. The Kier molecular flexibility index (Phi) is 4.69. The minimum atomic E-state index is -0.253. The third-order valence-electron chi connectivity index (χ3n) is 3.22. The smallest absolute Gasteiger partial charge is 0.170 e. The van der Waals surface area contributed by atoms with E-state index >= 15 is 0 Å². The summed E-state index contributed by atoms with van der Waals surface area (Å²) in [6.45, 7) is 3.18. The van der Waals surface area contributed by atoms with Crippen LogP contribution in [0.2, 0.25) is 0 Å². The zero-order valence-electron chi connectivity index (χ0n) is 12.2. The van der Waals surface area contributed by atoms with Crippen molar-refractivity contribution in [2.45, 2.75) is 20.0 Å². The lowest BCUT2D eigenvalue weighted by molar-refractivity contribution is 0.589. The van der Waals surface area contributed by atoms with Crippen molar-refractivity contribution in [1.82, 2.24) is 10.3 Å². The lowest BCUT2D eigenvalue weighted by Gasteiger charge is -2.20. The van der Waals surface area contributed by atoms with Gasteiger partial charge in [-0.2, -0.15) is 0 Å². The summed E-state index contributed by atoms with van der Waals surface area (Å²) in [7, 11) is 3.66. The average molecular weight is 273 g/mol. The third-order valence-corrected chi connectivity index (χ3v) is 3.22. The molecule has 0 amide bonds. The number of aryl methyl sites for hydroxylation is 1. The van der Waals surface area contributed by atoms with E-state index in [1.807, 2.05) is 11.9 Å². The number of benzene rings is 1. The van der Waals surface area contributed by atoms with Crippen molar-refractivity contribution < 1.29 is 4.39 Å². The van der Waals surface area contributed by atoms with Crippen LogP contribution in [0.1, 0.15) is 16.7 Å². The summed E-state index contributed by atoms with van der Waals surface area (Å²) >= 11 is 0. The minimum Gasteiger partial charge on any atom is -0.353 e. The van der Waals surface area contributed by atoms with Crippen LogP contribution in [0.5, 0.6) is 0 Å². The molecule has 0 unspecified atom stereocenters. The maximum absolute atomic E-state index is 14.3. The van der Waals surface area contributed by atoms with Gasteiger partial charge in [-0.25, -0.2) is 9.37 Å². The molecule has 0 aliphatic heterocycles. The van der Waals surface area contributed by atoms with Gasteiger partial charge in [0.1, 0.15) is 0 Å². The molecule has 4 heteroatoms. The van der Waals surface area contributed by atoms with Gasteiger partial charge < -0.3 is 10.2 Å². The maximum atomic E-state index is 14.3. The second-order valence-corrected chi connectivity index (χ2v) is 4.98. The summed E-state index contributed by atoms with van der Waals surface area (Å²) in [5.74, 6) is 0.134. The van der Waals surface area contributed by atoms with Gasteiger partial charge in [0.15, 0.2) is 11.6 Å². The van der Waals surface area contributed by atoms with Gasteiger partial charge in [-0.1, -0.05) is 29.8 Å². The average Bonchev–Trinajstić information content (AvgIpc) is 2.44. The van der Waals surface area contributed by atoms with Crippen LogP contribution < -0.4 is 10.2 Å². The number of hydrogen-bond donors (Lipinski definition) is 1. The first-order valence-electron chi connectivity index (χ1n) is 6.66. The highest BCUT2D eigenvalue weighted by molar-refractivity contribution is 5.43. The van der Waals surface area contributed by atoms with Crippen molar-refractivity contribution in [2.24, 2.45) is 0 Å². The van der Waals surface area contributed by atoms with Crippen LogP contribution in [-0.4, -0.2) is 19.1 Å². The molecule has 0 bridgehead atoms. The first-order chi connectivity index (χ1) is 9.61. The lowest BCUT2D eigenvalue weighted by Crippen LogP contribution is -2.20. The Morgan fingerprint density at radius 2 is 1.90 bits per heavy atom. The quantitative estimate of drug-likeness (QED) is 0.908. The molecule has 0 aliphatic carbocycles. The van der Waals surface area contributed by atoms with Gasteiger partial charge in [-0.05, 0) is 25.6 Å². The predicted octanol–water partition coefficient (Wildman–Crippen LogP) is 2.88. The number of anilines is 1. The Labute approximate surface area is 119 Å². The molecule has 0 spiro atoms. The Morgan fingerprint density at radius 3 is 2.55 bits per heavy atom. The second kappa shape index (κ2) is 6.48. The monoisotopic (exact) mass is 273 g/mol. The fourth-order valence-corrected chi connectivity index (χ4v) is 2.11. The second-order valence-electron chi connectivity index (χ2n) is 4.98. The molecule has 1 N–H and O–H groups in total. The van der Waals surface area contributed by atoms with Gasteiger partial charge in [0, 0.05) is 31.9 Å². The molecule has 0 radical (unpaired) electrons. The molecule has 0 atom stereocenters. The number of hydrogen-bond acceptors (Lipinski definition) is 3. The standard InChI is InChI=1S/C16H20FN3/c1-12-4-6-13(7-5-12)11-20(3)16-15(17)14(10-18-2)8-9-19-16/h4-9,18H,10-11H2,1-3H3. The topological polar surface area (TPSA) is 28.2 Å². The maximum Gasteiger partial charge on any atom is 0.170 e. The number of nitrogens with zero attached hydrogens (tertiary/aromatic N) is 2. The molecular formula is C16H20FN3. The highest BCUT2D eigenvalue weighted by Crippen LogP contribution is 2.20. The van der Waals surface area contributed by atoms with Crippen molar-refractivity contribution in [1.29, 1.82) is 0 Å². The van der Waals surface area contributed by atoms with E-state index in [1.165, 1.54) is 5.56 Å². The van der Waals surface area contributed by atoms with E-state index in [9.17, 15) is 4.39 Å². The molecule has 3 nitrogen and oxygen atoms in total. The largest absolute Gasteiger partial charge is 0.353 e. The summed E-state index contributed by atoms with van der Waals surface area (Å²) in [6, 6.07) is 9.94. The molecule has 1 aromatic carbocycles. The van der Waals surface area contributed by atoms with E-state index in [0.29, 0.717) is 24.5 Å². The molecule has 20 heavy (non-hydrogen) atoms. The van der Waals surface area contributed by atoms with Gasteiger partial charge in [-0.15, -0.1) is 0 Å². The number of halogens is 1. The molecule has 2 aromatic rings. The van der Waals surface area contributed by atoms with Crippen LogP contribution in [0.15, 0.2) is 36.5 Å². The number of aromatic nitrogens is 1. The number of rotatable bonds is 5. The number of nitrogens with one attached hydrogen (secondary N) is 1. The summed E-state index contributed by atoms with van der Waals surface area (Å²) in [5.41, 5.74) is 2.99.